The highest BCUT2D eigenvalue weighted by molar-refractivity contribution is 7.07. The topological polar surface area (TPSA) is 12.9 Å². The molecule has 0 spiro atoms. The second kappa shape index (κ2) is 4.42. The van der Waals surface area contributed by atoms with Gasteiger partial charge in [-0.1, -0.05) is 13.8 Å². The fraction of sp³-hybridized carbons (Fsp3) is 0.750. The number of hydrogen-bond donors (Lipinski definition) is 0. The molecule has 3 heteroatoms. The molecule has 0 saturated heterocycles. The molecule has 2 atom stereocenters. The molecule has 15 heavy (non-hydrogen) atoms. The summed E-state index contributed by atoms with van der Waals surface area (Å²) in [6.07, 6.45) is 4.66. The number of alkyl halides is 1. The van der Waals surface area contributed by atoms with Crippen LogP contribution in [0.25, 0.3) is 0 Å². The van der Waals surface area contributed by atoms with Gasteiger partial charge in [0.1, 0.15) is 0 Å². The van der Waals surface area contributed by atoms with Crippen LogP contribution in [-0.4, -0.2) is 10.4 Å². The van der Waals surface area contributed by atoms with Crippen molar-refractivity contribution >= 4 is 22.9 Å². The molecule has 1 aromatic rings. The molecule has 0 bridgehead atoms. The van der Waals surface area contributed by atoms with Crippen LogP contribution < -0.4 is 0 Å². The summed E-state index contributed by atoms with van der Waals surface area (Å²) >= 11 is 7.95. The Kier molecular flexibility index (Phi) is 3.36. The van der Waals surface area contributed by atoms with Gasteiger partial charge in [-0.15, -0.1) is 22.9 Å². The van der Waals surface area contributed by atoms with Gasteiger partial charge in [0.2, 0.25) is 0 Å². The Labute approximate surface area is 101 Å². The third-order valence-corrected chi connectivity index (χ3v) is 4.72. The van der Waals surface area contributed by atoms with E-state index in [0.717, 1.165) is 12.8 Å². The van der Waals surface area contributed by atoms with Gasteiger partial charge in [0.25, 0.3) is 0 Å². The minimum atomic E-state index is 0.377. The summed E-state index contributed by atoms with van der Waals surface area (Å²) in [5, 5.41) is 2.54. The van der Waals surface area contributed by atoms with E-state index >= 15 is 0 Å². The van der Waals surface area contributed by atoms with Gasteiger partial charge in [-0.2, -0.15) is 0 Å². The Morgan fingerprint density at radius 1 is 1.60 bits per heavy atom. The summed E-state index contributed by atoms with van der Waals surface area (Å²) in [6.45, 7) is 4.74. The summed E-state index contributed by atoms with van der Waals surface area (Å²) in [5.41, 5.74) is 3.59. The van der Waals surface area contributed by atoms with Crippen LogP contribution in [0, 0.1) is 11.3 Å². The molecule has 84 valence electrons. The molecule has 0 amide bonds. The second-order valence-corrected chi connectivity index (χ2v) is 6.58. The van der Waals surface area contributed by atoms with E-state index in [4.69, 9.17) is 11.6 Å². The summed E-state index contributed by atoms with van der Waals surface area (Å²) in [5.74, 6) is 0.691. The van der Waals surface area contributed by atoms with Crippen LogP contribution in [0.15, 0.2) is 10.9 Å². The maximum absolute atomic E-state index is 6.26. The summed E-state index contributed by atoms with van der Waals surface area (Å²) in [6, 6.07) is 0. The standard InChI is InChI=1S/C12H18ClNS/c1-12(2)4-3-10(13)5-9(12)6-11-7-15-8-14-11/h7-10H,3-6H2,1-2H3. The highest BCUT2D eigenvalue weighted by Gasteiger charge is 2.35. The van der Waals surface area contributed by atoms with Crippen LogP contribution in [0.5, 0.6) is 0 Å². The molecule has 1 saturated carbocycles. The number of thiazole rings is 1. The lowest BCUT2D eigenvalue weighted by atomic mass is 9.67. The number of rotatable bonds is 2. The molecule has 2 unspecified atom stereocenters. The normalized spacial score (nSPS) is 30.3. The molecule has 0 aromatic carbocycles. The van der Waals surface area contributed by atoms with Crippen molar-refractivity contribution in [1.29, 1.82) is 0 Å². The molecule has 1 heterocycles. The van der Waals surface area contributed by atoms with Gasteiger partial charge in [0, 0.05) is 10.8 Å². The van der Waals surface area contributed by atoms with Gasteiger partial charge in [0.05, 0.1) is 11.2 Å². The van der Waals surface area contributed by atoms with E-state index in [-0.39, 0.29) is 0 Å². The van der Waals surface area contributed by atoms with E-state index in [1.54, 1.807) is 11.3 Å². The largest absolute Gasteiger partial charge is 0.250 e. The molecule has 1 aliphatic carbocycles. The molecule has 0 radical (unpaired) electrons. The first-order chi connectivity index (χ1) is 7.08. The predicted molar refractivity (Wildman–Crippen MR) is 66.6 cm³/mol. The number of aromatic nitrogens is 1. The molecule has 1 fully saturated rings. The zero-order valence-electron chi connectivity index (χ0n) is 9.37. The Hall–Kier alpha value is -0.0800. The lowest BCUT2D eigenvalue weighted by Crippen LogP contribution is -2.33. The minimum absolute atomic E-state index is 0.377. The van der Waals surface area contributed by atoms with Crippen molar-refractivity contribution in [3.63, 3.8) is 0 Å². The highest BCUT2D eigenvalue weighted by Crippen LogP contribution is 2.43. The van der Waals surface area contributed by atoms with E-state index in [1.807, 2.05) is 5.51 Å². The Bertz CT molecular complexity index is 307. The van der Waals surface area contributed by atoms with E-state index < -0.39 is 0 Å². The summed E-state index contributed by atoms with van der Waals surface area (Å²) < 4.78 is 0. The van der Waals surface area contributed by atoms with Crippen molar-refractivity contribution in [3.05, 3.63) is 16.6 Å². The third kappa shape index (κ3) is 2.73. The first kappa shape index (κ1) is 11.4. The molecule has 0 aliphatic heterocycles. The first-order valence-corrected chi connectivity index (χ1v) is 6.97. The Morgan fingerprint density at radius 3 is 3.07 bits per heavy atom. The van der Waals surface area contributed by atoms with Crippen LogP contribution >= 0.6 is 22.9 Å². The first-order valence-electron chi connectivity index (χ1n) is 5.59. The van der Waals surface area contributed by atoms with Crippen LogP contribution in [0.4, 0.5) is 0 Å². The number of nitrogens with zero attached hydrogens (tertiary/aromatic N) is 1. The smallest absolute Gasteiger partial charge is 0.0794 e. The lowest BCUT2D eigenvalue weighted by Gasteiger charge is -2.40. The monoisotopic (exact) mass is 243 g/mol. The van der Waals surface area contributed by atoms with E-state index in [2.05, 4.69) is 24.2 Å². The highest BCUT2D eigenvalue weighted by atomic mass is 35.5. The van der Waals surface area contributed by atoms with Crippen LogP contribution in [0.3, 0.4) is 0 Å². The number of halogens is 1. The summed E-state index contributed by atoms with van der Waals surface area (Å²) in [4.78, 5) is 4.38. The van der Waals surface area contributed by atoms with E-state index in [0.29, 0.717) is 16.7 Å². The molecule has 0 N–H and O–H groups in total. The quantitative estimate of drug-likeness (QED) is 0.712. The van der Waals surface area contributed by atoms with Crippen molar-refractivity contribution in [2.45, 2.75) is 44.9 Å². The minimum Gasteiger partial charge on any atom is -0.250 e. The molecular weight excluding hydrogens is 226 g/mol. The van der Waals surface area contributed by atoms with Crippen molar-refractivity contribution in [2.24, 2.45) is 11.3 Å². The second-order valence-electron chi connectivity index (χ2n) is 5.24. The number of hydrogen-bond acceptors (Lipinski definition) is 2. The maximum Gasteiger partial charge on any atom is 0.0794 e. The van der Waals surface area contributed by atoms with E-state index in [1.165, 1.54) is 18.5 Å². The fourth-order valence-corrected chi connectivity index (χ4v) is 3.32. The predicted octanol–water partition coefficient (Wildman–Crippen LogP) is 4.12. The van der Waals surface area contributed by atoms with Crippen molar-refractivity contribution in [3.8, 4) is 0 Å². The van der Waals surface area contributed by atoms with E-state index in [9.17, 15) is 0 Å². The summed E-state index contributed by atoms with van der Waals surface area (Å²) in [7, 11) is 0. The van der Waals surface area contributed by atoms with Gasteiger partial charge in [-0.25, -0.2) is 4.98 Å². The Balaban J connectivity index is 2.05. The third-order valence-electron chi connectivity index (χ3n) is 3.69. The Morgan fingerprint density at radius 2 is 2.40 bits per heavy atom. The molecule has 1 nitrogen and oxygen atoms in total. The SMILES string of the molecule is CC1(C)CCC(Cl)CC1Cc1cscn1. The molecule has 1 aliphatic rings. The van der Waals surface area contributed by atoms with Crippen molar-refractivity contribution in [2.75, 3.05) is 0 Å². The molecule has 2 rings (SSSR count). The van der Waals surface area contributed by atoms with Gasteiger partial charge >= 0.3 is 0 Å². The molecule has 1 aromatic heterocycles. The van der Waals surface area contributed by atoms with Crippen LogP contribution in [-0.2, 0) is 6.42 Å². The zero-order valence-corrected chi connectivity index (χ0v) is 10.9. The van der Waals surface area contributed by atoms with Gasteiger partial charge in [-0.05, 0) is 37.0 Å². The van der Waals surface area contributed by atoms with Gasteiger partial charge < -0.3 is 0 Å². The maximum atomic E-state index is 6.26. The average Bonchev–Trinajstić information content (AvgIpc) is 2.65. The van der Waals surface area contributed by atoms with Crippen LogP contribution in [0.1, 0.15) is 38.8 Å². The average molecular weight is 244 g/mol. The zero-order chi connectivity index (χ0) is 10.9. The van der Waals surface area contributed by atoms with Crippen LogP contribution in [0.2, 0.25) is 0 Å². The van der Waals surface area contributed by atoms with Gasteiger partial charge in [0.15, 0.2) is 0 Å². The van der Waals surface area contributed by atoms with Gasteiger partial charge in [-0.3, -0.25) is 0 Å². The van der Waals surface area contributed by atoms with Crippen molar-refractivity contribution in [1.82, 2.24) is 4.98 Å². The fourth-order valence-electron chi connectivity index (χ4n) is 2.43. The lowest BCUT2D eigenvalue weighted by molar-refractivity contribution is 0.139. The molecular formula is C12H18ClNS. The van der Waals surface area contributed by atoms with Crippen molar-refractivity contribution < 1.29 is 0 Å².